The van der Waals surface area contributed by atoms with Crippen molar-refractivity contribution in [2.45, 2.75) is 50.7 Å². The predicted octanol–water partition coefficient (Wildman–Crippen LogP) is 4.03. The Hall–Kier alpha value is -3.53. The zero-order chi connectivity index (χ0) is 27.9. The van der Waals surface area contributed by atoms with Gasteiger partial charge >= 0.3 is 0 Å². The maximum atomic E-state index is 13.8. The summed E-state index contributed by atoms with van der Waals surface area (Å²) in [5, 5.41) is 11.8. The summed E-state index contributed by atoms with van der Waals surface area (Å²) in [4.78, 5) is 30.5. The molecule has 0 aliphatic carbocycles. The van der Waals surface area contributed by atoms with Gasteiger partial charge in [0.15, 0.2) is 5.60 Å². The minimum absolute atomic E-state index is 0.000249. The standard InChI is InChI=1S/C29H33N3O5S/c1-6-31(7-2)22-16-12-20(13-17-22)26(33)32-25-11-9-8-10-24(25)29(35,27(32)34)21-14-18-23(19-15-21)38(36,37)30-28(3,4)5/h8-19,30,35H,6-7H2,1-5H3. The van der Waals surface area contributed by atoms with Crippen molar-refractivity contribution in [3.63, 3.8) is 0 Å². The summed E-state index contributed by atoms with van der Waals surface area (Å²) in [7, 11) is -3.81. The highest BCUT2D eigenvalue weighted by molar-refractivity contribution is 7.89. The second-order valence-electron chi connectivity index (χ2n) is 10.3. The highest BCUT2D eigenvalue weighted by Crippen LogP contribution is 2.45. The van der Waals surface area contributed by atoms with Gasteiger partial charge in [-0.15, -0.1) is 0 Å². The Morgan fingerprint density at radius 2 is 1.53 bits per heavy atom. The van der Waals surface area contributed by atoms with Crippen LogP contribution in [0.4, 0.5) is 11.4 Å². The molecule has 0 bridgehead atoms. The van der Waals surface area contributed by atoms with E-state index < -0.39 is 33.0 Å². The molecular weight excluding hydrogens is 502 g/mol. The molecule has 0 spiro atoms. The van der Waals surface area contributed by atoms with E-state index in [9.17, 15) is 23.1 Å². The van der Waals surface area contributed by atoms with Crippen LogP contribution < -0.4 is 14.5 Å². The quantitative estimate of drug-likeness (QED) is 0.443. The molecule has 1 heterocycles. The lowest BCUT2D eigenvalue weighted by Crippen LogP contribution is -2.44. The van der Waals surface area contributed by atoms with Crippen molar-refractivity contribution in [3.05, 3.63) is 89.5 Å². The summed E-state index contributed by atoms with van der Waals surface area (Å²) in [5.74, 6) is -1.38. The van der Waals surface area contributed by atoms with Gasteiger partial charge < -0.3 is 10.0 Å². The van der Waals surface area contributed by atoms with Crippen molar-refractivity contribution in [2.24, 2.45) is 0 Å². The molecule has 200 valence electrons. The van der Waals surface area contributed by atoms with Crippen LogP contribution in [0.2, 0.25) is 0 Å². The maximum absolute atomic E-state index is 13.8. The van der Waals surface area contributed by atoms with E-state index >= 15 is 0 Å². The number of anilines is 2. The molecule has 1 unspecified atom stereocenters. The number of carbonyl (C=O) groups excluding carboxylic acids is 2. The lowest BCUT2D eigenvalue weighted by Gasteiger charge is -2.24. The normalized spacial score (nSPS) is 17.4. The summed E-state index contributed by atoms with van der Waals surface area (Å²) < 4.78 is 28.0. The van der Waals surface area contributed by atoms with E-state index in [2.05, 4.69) is 9.62 Å². The lowest BCUT2D eigenvalue weighted by molar-refractivity contribution is -0.131. The molecule has 0 fully saturated rings. The van der Waals surface area contributed by atoms with Gasteiger partial charge in [0.25, 0.3) is 11.8 Å². The largest absolute Gasteiger partial charge is 0.372 e. The second kappa shape index (κ2) is 9.98. The molecule has 2 amide bonds. The molecule has 4 rings (SSSR count). The van der Waals surface area contributed by atoms with Gasteiger partial charge in [0.1, 0.15) is 0 Å². The number of aliphatic hydroxyl groups is 1. The van der Waals surface area contributed by atoms with Gasteiger partial charge in [0.05, 0.1) is 10.6 Å². The van der Waals surface area contributed by atoms with E-state index in [0.29, 0.717) is 5.56 Å². The monoisotopic (exact) mass is 535 g/mol. The first-order valence-corrected chi connectivity index (χ1v) is 14.0. The first-order valence-electron chi connectivity index (χ1n) is 12.5. The van der Waals surface area contributed by atoms with Crippen molar-refractivity contribution in [1.29, 1.82) is 0 Å². The number of para-hydroxylation sites is 1. The molecule has 0 radical (unpaired) electrons. The Morgan fingerprint density at radius 1 is 0.947 bits per heavy atom. The van der Waals surface area contributed by atoms with E-state index in [4.69, 9.17) is 0 Å². The van der Waals surface area contributed by atoms with Crippen LogP contribution in [-0.2, 0) is 20.4 Å². The molecule has 1 aliphatic heterocycles. The molecule has 9 heteroatoms. The minimum atomic E-state index is -3.81. The number of hydrogen-bond acceptors (Lipinski definition) is 6. The Bertz CT molecular complexity index is 1460. The van der Waals surface area contributed by atoms with Crippen molar-refractivity contribution in [2.75, 3.05) is 22.9 Å². The van der Waals surface area contributed by atoms with Crippen LogP contribution in [0.25, 0.3) is 0 Å². The van der Waals surface area contributed by atoms with E-state index in [0.717, 1.165) is 23.7 Å². The van der Waals surface area contributed by atoms with Crippen LogP contribution in [0.1, 0.15) is 56.1 Å². The van der Waals surface area contributed by atoms with Crippen molar-refractivity contribution < 1.29 is 23.1 Å². The molecule has 3 aromatic carbocycles. The highest BCUT2D eigenvalue weighted by Gasteiger charge is 2.53. The lowest BCUT2D eigenvalue weighted by atomic mass is 9.87. The first kappa shape index (κ1) is 27.5. The fourth-order valence-electron chi connectivity index (χ4n) is 4.71. The minimum Gasteiger partial charge on any atom is -0.372 e. The zero-order valence-corrected chi connectivity index (χ0v) is 23.0. The molecule has 1 aliphatic rings. The summed E-state index contributed by atoms with van der Waals surface area (Å²) in [6.07, 6.45) is 0. The number of nitrogens with one attached hydrogen (secondary N) is 1. The molecule has 0 aromatic heterocycles. The van der Waals surface area contributed by atoms with Gasteiger partial charge in [-0.3, -0.25) is 9.59 Å². The van der Waals surface area contributed by atoms with Crippen LogP contribution in [0.3, 0.4) is 0 Å². The number of rotatable bonds is 7. The molecule has 3 aromatic rings. The fourth-order valence-corrected chi connectivity index (χ4v) is 6.13. The van der Waals surface area contributed by atoms with Crippen molar-refractivity contribution >= 4 is 33.2 Å². The number of imide groups is 1. The van der Waals surface area contributed by atoms with Crippen LogP contribution in [0.5, 0.6) is 0 Å². The van der Waals surface area contributed by atoms with Gasteiger partial charge in [0, 0.05) is 35.4 Å². The number of benzene rings is 3. The number of fused-ring (bicyclic) bond motifs is 1. The molecule has 1 atom stereocenters. The predicted molar refractivity (Wildman–Crippen MR) is 148 cm³/mol. The number of sulfonamides is 1. The number of amides is 2. The van der Waals surface area contributed by atoms with Gasteiger partial charge in [-0.25, -0.2) is 18.0 Å². The summed E-state index contributed by atoms with van der Waals surface area (Å²) in [6, 6.07) is 19.1. The first-order chi connectivity index (χ1) is 17.8. The second-order valence-corrected chi connectivity index (χ2v) is 12.0. The molecule has 38 heavy (non-hydrogen) atoms. The van der Waals surface area contributed by atoms with Crippen molar-refractivity contribution in [1.82, 2.24) is 4.72 Å². The van der Waals surface area contributed by atoms with Crippen molar-refractivity contribution in [3.8, 4) is 0 Å². The molecule has 2 N–H and O–H groups in total. The number of nitrogens with zero attached hydrogens (tertiary/aromatic N) is 2. The van der Waals surface area contributed by atoms with Gasteiger partial charge in [0.2, 0.25) is 10.0 Å². The summed E-state index contributed by atoms with van der Waals surface area (Å²) in [5.41, 5.74) is -0.870. The van der Waals surface area contributed by atoms with Crippen LogP contribution >= 0.6 is 0 Å². The van der Waals surface area contributed by atoms with Gasteiger partial charge in [-0.2, -0.15) is 0 Å². The van der Waals surface area contributed by atoms with E-state index in [-0.39, 0.29) is 21.7 Å². The SMILES string of the molecule is CCN(CC)c1ccc(C(=O)N2C(=O)C(O)(c3ccc(S(=O)(=O)NC(C)(C)C)cc3)c3ccccc32)cc1. The fraction of sp³-hybridized carbons (Fsp3) is 0.310. The van der Waals surface area contributed by atoms with Crippen LogP contribution in [0.15, 0.2) is 77.7 Å². The van der Waals surface area contributed by atoms with Gasteiger partial charge in [-0.05, 0) is 82.6 Å². The average Bonchev–Trinajstić information content (AvgIpc) is 3.11. The van der Waals surface area contributed by atoms with Gasteiger partial charge in [-0.1, -0.05) is 30.3 Å². The van der Waals surface area contributed by atoms with E-state index in [1.807, 2.05) is 26.0 Å². The van der Waals surface area contributed by atoms with E-state index in [1.54, 1.807) is 57.2 Å². The maximum Gasteiger partial charge on any atom is 0.275 e. The summed E-state index contributed by atoms with van der Waals surface area (Å²) in [6.45, 7) is 10.9. The van der Waals surface area contributed by atoms with Crippen LogP contribution in [-0.4, -0.2) is 44.0 Å². The Balaban J connectivity index is 1.71. The molecular formula is C29H33N3O5S. The molecule has 0 saturated heterocycles. The van der Waals surface area contributed by atoms with E-state index in [1.165, 1.54) is 24.3 Å². The number of carbonyl (C=O) groups is 2. The third-order valence-corrected chi connectivity index (χ3v) is 8.29. The highest BCUT2D eigenvalue weighted by atomic mass is 32.2. The third-order valence-electron chi connectivity index (χ3n) is 6.52. The Labute approximate surface area is 224 Å². The Kier molecular flexibility index (Phi) is 7.22. The molecule has 0 saturated carbocycles. The number of hydrogen-bond donors (Lipinski definition) is 2. The zero-order valence-electron chi connectivity index (χ0n) is 22.2. The third kappa shape index (κ3) is 4.84. The smallest absolute Gasteiger partial charge is 0.275 e. The van der Waals surface area contributed by atoms with Crippen LogP contribution in [0, 0.1) is 0 Å². The topological polar surface area (TPSA) is 107 Å². The Morgan fingerprint density at radius 3 is 2.08 bits per heavy atom. The summed E-state index contributed by atoms with van der Waals surface area (Å²) >= 11 is 0. The average molecular weight is 536 g/mol. The molecule has 8 nitrogen and oxygen atoms in total.